The zero-order chi connectivity index (χ0) is 13.7. The molecule has 2 atom stereocenters. The summed E-state index contributed by atoms with van der Waals surface area (Å²) in [6.45, 7) is 0. The maximum Gasteiger partial charge on any atom is 0.180 e. The van der Waals surface area contributed by atoms with E-state index >= 15 is 0 Å². The molecule has 2 aliphatic heterocycles. The molecule has 0 amide bonds. The third kappa shape index (κ3) is 2.33. The lowest BCUT2D eigenvalue weighted by atomic mass is 10.1. The van der Waals surface area contributed by atoms with Gasteiger partial charge in [0.05, 0.1) is 16.4 Å². The third-order valence-electron chi connectivity index (χ3n) is 3.36. The fourth-order valence-electron chi connectivity index (χ4n) is 2.53. The molecule has 0 spiro atoms. The average molecular weight is 299 g/mol. The van der Waals surface area contributed by atoms with Gasteiger partial charge in [0.2, 0.25) is 0 Å². The molecule has 19 heavy (non-hydrogen) atoms. The van der Waals surface area contributed by atoms with Crippen LogP contribution in [0.25, 0.3) is 0 Å². The van der Waals surface area contributed by atoms with E-state index in [0.717, 1.165) is 5.56 Å². The Hall–Kier alpha value is -1.18. The van der Waals surface area contributed by atoms with Crippen LogP contribution in [-0.4, -0.2) is 34.4 Å². The molecule has 102 valence electrons. The summed E-state index contributed by atoms with van der Waals surface area (Å²) in [6, 6.07) is 6.17. The fraction of sp³-hybridized carbons (Fsp3) is 0.333. The zero-order valence-electron chi connectivity index (χ0n) is 9.98. The van der Waals surface area contributed by atoms with Gasteiger partial charge < -0.3 is 5.32 Å². The van der Waals surface area contributed by atoms with Crippen molar-refractivity contribution in [1.29, 1.82) is 0 Å². The Kier molecular flexibility index (Phi) is 2.81. The predicted molar refractivity (Wildman–Crippen MR) is 71.1 cm³/mol. The van der Waals surface area contributed by atoms with E-state index in [1.165, 1.54) is 5.41 Å². The van der Waals surface area contributed by atoms with E-state index in [2.05, 4.69) is 5.32 Å². The Morgan fingerprint density at radius 3 is 2.47 bits per heavy atom. The normalized spacial score (nSPS) is 30.3. The zero-order valence-corrected chi connectivity index (χ0v) is 11.6. The topological polar surface area (TPSA) is 80.3 Å². The average Bonchev–Trinajstić information content (AvgIpc) is 2.79. The van der Waals surface area contributed by atoms with Crippen LogP contribution in [0.2, 0.25) is 0 Å². The molecular weight excluding hydrogens is 286 g/mol. The predicted octanol–water partition coefficient (Wildman–Crippen LogP) is 0.415. The van der Waals surface area contributed by atoms with Crippen molar-refractivity contribution < 1.29 is 16.8 Å². The number of benzene rings is 1. The molecule has 0 bridgehead atoms. The number of nitrogens with one attached hydrogen (secondary N) is 1. The van der Waals surface area contributed by atoms with Crippen molar-refractivity contribution in [3.63, 3.8) is 0 Å². The van der Waals surface area contributed by atoms with Crippen molar-refractivity contribution in [1.82, 2.24) is 5.32 Å². The van der Waals surface area contributed by atoms with E-state index in [9.17, 15) is 16.8 Å². The van der Waals surface area contributed by atoms with Gasteiger partial charge in [-0.2, -0.15) is 0 Å². The molecule has 0 fully saturated rings. The van der Waals surface area contributed by atoms with Gasteiger partial charge in [-0.1, -0.05) is 24.3 Å². The first-order valence-corrected chi connectivity index (χ1v) is 9.23. The van der Waals surface area contributed by atoms with Crippen molar-refractivity contribution in [2.45, 2.75) is 17.0 Å². The lowest BCUT2D eigenvalue weighted by Gasteiger charge is -2.16. The molecule has 2 heterocycles. The summed E-state index contributed by atoms with van der Waals surface area (Å²) in [6.07, 6.45) is 1.57. The first-order valence-electron chi connectivity index (χ1n) is 5.86. The van der Waals surface area contributed by atoms with Crippen LogP contribution in [0, 0.1) is 0 Å². The van der Waals surface area contributed by atoms with Crippen LogP contribution in [-0.2, 0) is 19.7 Å². The Balaban J connectivity index is 1.88. The maximum absolute atomic E-state index is 12.0. The number of hydrogen-bond donors (Lipinski definition) is 1. The summed E-state index contributed by atoms with van der Waals surface area (Å²) < 4.78 is 46.7. The summed E-state index contributed by atoms with van der Waals surface area (Å²) in [7, 11) is -6.40. The summed E-state index contributed by atoms with van der Waals surface area (Å²) in [5.74, 6) is -0.0253. The minimum atomic E-state index is -3.26. The van der Waals surface area contributed by atoms with Crippen molar-refractivity contribution in [3.8, 4) is 0 Å². The second-order valence-corrected chi connectivity index (χ2v) is 8.74. The highest BCUT2D eigenvalue weighted by molar-refractivity contribution is 7.94. The molecule has 1 N–H and O–H groups in total. The Morgan fingerprint density at radius 2 is 1.79 bits per heavy atom. The van der Waals surface area contributed by atoms with Crippen LogP contribution < -0.4 is 5.32 Å². The fourth-order valence-corrected chi connectivity index (χ4v) is 5.52. The number of fused-ring (bicyclic) bond motifs is 1. The first kappa shape index (κ1) is 12.8. The van der Waals surface area contributed by atoms with Crippen LogP contribution in [0.3, 0.4) is 0 Å². The number of hydrogen-bond acceptors (Lipinski definition) is 5. The van der Waals surface area contributed by atoms with Crippen molar-refractivity contribution in [2.24, 2.45) is 0 Å². The summed E-state index contributed by atoms with van der Waals surface area (Å²) >= 11 is 0. The van der Waals surface area contributed by atoms with Crippen molar-refractivity contribution in [2.75, 3.05) is 11.5 Å². The standard InChI is InChI=1S/C12H13NO4S2/c14-18(15)6-5-9(7-18)13-11-8-19(16,17)12-4-2-1-3-10(11)12/h1-6,9,11,13H,7-8H2. The van der Waals surface area contributed by atoms with E-state index in [1.807, 2.05) is 0 Å². The van der Waals surface area contributed by atoms with Crippen molar-refractivity contribution >= 4 is 19.7 Å². The molecule has 0 aromatic heterocycles. The molecule has 3 rings (SSSR count). The molecule has 1 aromatic carbocycles. The monoisotopic (exact) mass is 299 g/mol. The molecule has 0 radical (unpaired) electrons. The van der Waals surface area contributed by atoms with Gasteiger partial charge in [-0.05, 0) is 11.6 Å². The SMILES string of the molecule is O=S1(=O)C=CC(NC2CS(=O)(=O)c3ccccc32)C1. The number of rotatable bonds is 2. The Labute approximate surface area is 112 Å². The second-order valence-electron chi connectivity index (χ2n) is 4.80. The van der Waals surface area contributed by atoms with Crippen LogP contribution in [0.15, 0.2) is 40.6 Å². The highest BCUT2D eigenvalue weighted by atomic mass is 32.2. The van der Waals surface area contributed by atoms with Crippen LogP contribution in [0.5, 0.6) is 0 Å². The van der Waals surface area contributed by atoms with Crippen molar-refractivity contribution in [3.05, 3.63) is 41.3 Å². The highest BCUT2D eigenvalue weighted by Gasteiger charge is 2.36. The first-order chi connectivity index (χ1) is 8.87. The minimum Gasteiger partial charge on any atom is -0.302 e. The lowest BCUT2D eigenvalue weighted by molar-refractivity contribution is 0.535. The Morgan fingerprint density at radius 1 is 1.05 bits per heavy atom. The molecule has 5 nitrogen and oxygen atoms in total. The Bertz CT molecular complexity index is 750. The quantitative estimate of drug-likeness (QED) is 0.856. The van der Waals surface area contributed by atoms with Gasteiger partial charge in [0.1, 0.15) is 0 Å². The molecule has 7 heteroatoms. The van der Waals surface area contributed by atoms with E-state index < -0.39 is 19.7 Å². The van der Waals surface area contributed by atoms with Gasteiger partial charge in [0, 0.05) is 17.5 Å². The summed E-state index contributed by atoms with van der Waals surface area (Å²) in [4.78, 5) is 0.345. The molecule has 0 saturated heterocycles. The van der Waals surface area contributed by atoms with Gasteiger partial charge in [-0.15, -0.1) is 0 Å². The van der Waals surface area contributed by atoms with Crippen LogP contribution in [0.4, 0.5) is 0 Å². The molecular formula is C12H13NO4S2. The summed E-state index contributed by atoms with van der Waals surface area (Å²) in [5, 5.41) is 4.28. The van der Waals surface area contributed by atoms with E-state index in [1.54, 1.807) is 30.3 Å². The van der Waals surface area contributed by atoms with E-state index in [-0.39, 0.29) is 23.6 Å². The van der Waals surface area contributed by atoms with Gasteiger partial charge >= 0.3 is 0 Å². The number of sulfone groups is 2. The minimum absolute atomic E-state index is 0.00822. The van der Waals surface area contributed by atoms with Gasteiger partial charge in [-0.3, -0.25) is 0 Å². The largest absolute Gasteiger partial charge is 0.302 e. The molecule has 2 unspecified atom stereocenters. The van der Waals surface area contributed by atoms with Gasteiger partial charge in [-0.25, -0.2) is 16.8 Å². The van der Waals surface area contributed by atoms with Crippen LogP contribution >= 0.6 is 0 Å². The van der Waals surface area contributed by atoms with Gasteiger partial charge in [0.25, 0.3) is 0 Å². The smallest absolute Gasteiger partial charge is 0.180 e. The molecule has 0 aliphatic carbocycles. The molecule has 1 aromatic rings. The third-order valence-corrected chi connectivity index (χ3v) is 6.57. The molecule has 0 saturated carbocycles. The highest BCUT2D eigenvalue weighted by Crippen LogP contribution is 2.33. The van der Waals surface area contributed by atoms with E-state index in [0.29, 0.717) is 4.90 Å². The maximum atomic E-state index is 12.0. The van der Waals surface area contributed by atoms with E-state index in [4.69, 9.17) is 0 Å². The second kappa shape index (κ2) is 4.16. The lowest BCUT2D eigenvalue weighted by Crippen LogP contribution is -2.34. The summed E-state index contributed by atoms with van der Waals surface area (Å²) in [5.41, 5.74) is 0.722. The molecule has 2 aliphatic rings. The van der Waals surface area contributed by atoms with Gasteiger partial charge in [0.15, 0.2) is 19.7 Å². The van der Waals surface area contributed by atoms with Crippen LogP contribution in [0.1, 0.15) is 11.6 Å².